The number of amides is 1. The van der Waals surface area contributed by atoms with E-state index in [1.54, 1.807) is 0 Å². The van der Waals surface area contributed by atoms with E-state index in [0.29, 0.717) is 5.56 Å². The molecule has 41 heavy (non-hydrogen) atoms. The van der Waals surface area contributed by atoms with Crippen LogP contribution in [0.3, 0.4) is 0 Å². The molecule has 216 valence electrons. The van der Waals surface area contributed by atoms with Crippen molar-refractivity contribution in [3.63, 3.8) is 0 Å². The molecule has 1 atom stereocenters. The molecular weight excluding hydrogens is 532 g/mol. The van der Waals surface area contributed by atoms with Crippen LogP contribution < -0.4 is 9.64 Å². The maximum Gasteiger partial charge on any atom is 0.256 e. The van der Waals surface area contributed by atoms with E-state index in [0.717, 1.165) is 91.4 Å². The minimum Gasteiger partial charge on any atom is -0.493 e. The second-order valence-electron chi connectivity index (χ2n) is 11.7. The summed E-state index contributed by atoms with van der Waals surface area (Å²) in [6.45, 7) is 9.27. The van der Waals surface area contributed by atoms with Crippen LogP contribution in [0.25, 0.3) is 10.8 Å². The molecule has 2 fully saturated rings. The number of benzene rings is 3. The zero-order valence-electron chi connectivity index (χ0n) is 24.2. The average Bonchev–Trinajstić information content (AvgIpc) is 3.42. The molecule has 3 heterocycles. The van der Waals surface area contributed by atoms with Gasteiger partial charge in [0.15, 0.2) is 0 Å². The third-order valence-electron chi connectivity index (χ3n) is 8.87. The first-order valence-electron chi connectivity index (χ1n) is 15.3. The van der Waals surface area contributed by atoms with Gasteiger partial charge >= 0.3 is 0 Å². The van der Waals surface area contributed by atoms with Gasteiger partial charge in [-0.05, 0) is 104 Å². The van der Waals surface area contributed by atoms with Gasteiger partial charge in [-0.25, -0.2) is 0 Å². The number of hydrogen-bond donors (Lipinski definition) is 0. The third-order valence-corrected chi connectivity index (χ3v) is 9.12. The first kappa shape index (κ1) is 28.0. The molecular formula is C34H41ClN4O2. The van der Waals surface area contributed by atoms with E-state index < -0.39 is 0 Å². The van der Waals surface area contributed by atoms with E-state index in [-0.39, 0.29) is 11.9 Å². The summed E-state index contributed by atoms with van der Waals surface area (Å²) < 4.78 is 6.22. The number of rotatable bonds is 10. The maximum atomic E-state index is 13.1. The quantitative estimate of drug-likeness (QED) is 0.240. The Labute approximate surface area is 248 Å². The highest BCUT2D eigenvalue weighted by atomic mass is 35.5. The summed E-state index contributed by atoms with van der Waals surface area (Å²) in [4.78, 5) is 24.9. The fraction of sp³-hybridized carbons (Fsp3) is 0.471. The summed E-state index contributed by atoms with van der Waals surface area (Å²) in [6, 6.07) is 16.7. The third kappa shape index (κ3) is 6.54. The molecule has 3 aliphatic heterocycles. The normalized spacial score (nSPS) is 19.0. The zero-order valence-corrected chi connectivity index (χ0v) is 24.9. The van der Waals surface area contributed by atoms with E-state index in [2.05, 4.69) is 41.0 Å². The topological polar surface area (TPSA) is 48.4 Å². The molecule has 6 rings (SSSR count). The van der Waals surface area contributed by atoms with Crippen molar-refractivity contribution in [3.8, 4) is 5.75 Å². The number of fused-ring (bicyclic) bond motifs is 3. The Bertz CT molecular complexity index is 1400. The van der Waals surface area contributed by atoms with Gasteiger partial charge in [0, 0.05) is 49.6 Å². The van der Waals surface area contributed by atoms with E-state index in [9.17, 15) is 4.79 Å². The molecule has 0 saturated carbocycles. The molecule has 3 aromatic carbocycles. The van der Waals surface area contributed by atoms with Crippen molar-refractivity contribution in [2.24, 2.45) is 4.99 Å². The molecule has 1 amide bonds. The largest absolute Gasteiger partial charge is 0.493 e. The molecule has 7 heteroatoms. The van der Waals surface area contributed by atoms with Crippen LogP contribution in [-0.2, 0) is 0 Å². The van der Waals surface area contributed by atoms with Crippen LogP contribution in [0.15, 0.2) is 53.5 Å². The number of halogens is 1. The number of carbonyl (C=O) groups excluding carboxylic acids is 1. The lowest BCUT2D eigenvalue weighted by molar-refractivity contribution is 0.0775. The molecule has 0 spiro atoms. The van der Waals surface area contributed by atoms with Crippen LogP contribution in [0.2, 0.25) is 5.02 Å². The highest BCUT2D eigenvalue weighted by molar-refractivity contribution is 6.30. The molecule has 3 aliphatic rings. The first-order valence-corrected chi connectivity index (χ1v) is 15.7. The highest BCUT2D eigenvalue weighted by Gasteiger charge is 2.31. The van der Waals surface area contributed by atoms with Crippen LogP contribution in [0.5, 0.6) is 5.75 Å². The Hall–Kier alpha value is -3.09. The van der Waals surface area contributed by atoms with Gasteiger partial charge in [-0.3, -0.25) is 14.7 Å². The van der Waals surface area contributed by atoms with Crippen LogP contribution in [0, 0.1) is 6.92 Å². The number of hydrogen-bond acceptors (Lipinski definition) is 5. The van der Waals surface area contributed by atoms with E-state index in [1.807, 2.05) is 35.4 Å². The number of anilines is 1. The number of aryl methyl sites for hydroxylation is 1. The summed E-state index contributed by atoms with van der Waals surface area (Å²) in [5.41, 5.74) is 3.87. The summed E-state index contributed by atoms with van der Waals surface area (Å²) in [7, 11) is 0. The van der Waals surface area contributed by atoms with Gasteiger partial charge in [0.05, 0.1) is 23.9 Å². The fourth-order valence-electron chi connectivity index (χ4n) is 6.42. The van der Waals surface area contributed by atoms with Gasteiger partial charge in [0.2, 0.25) is 0 Å². The van der Waals surface area contributed by atoms with Gasteiger partial charge in [0.1, 0.15) is 5.75 Å². The smallest absolute Gasteiger partial charge is 0.256 e. The second kappa shape index (κ2) is 12.8. The Kier molecular flexibility index (Phi) is 8.78. The van der Waals surface area contributed by atoms with Gasteiger partial charge in [0.25, 0.3) is 5.91 Å². The predicted molar refractivity (Wildman–Crippen MR) is 170 cm³/mol. The summed E-state index contributed by atoms with van der Waals surface area (Å²) in [5, 5.41) is 2.94. The van der Waals surface area contributed by atoms with E-state index >= 15 is 0 Å². The predicted octanol–water partition coefficient (Wildman–Crippen LogP) is 7.27. The molecule has 6 nitrogen and oxygen atoms in total. The maximum absolute atomic E-state index is 13.1. The van der Waals surface area contributed by atoms with Gasteiger partial charge < -0.3 is 14.5 Å². The number of aliphatic imine (C=N–C) groups is 1. The van der Waals surface area contributed by atoms with E-state index in [4.69, 9.17) is 21.3 Å². The Balaban J connectivity index is 0.914. The molecule has 0 bridgehead atoms. The second-order valence-corrected chi connectivity index (χ2v) is 12.2. The van der Waals surface area contributed by atoms with E-state index in [1.165, 1.54) is 37.9 Å². The Morgan fingerprint density at radius 1 is 0.902 bits per heavy atom. The van der Waals surface area contributed by atoms with Crippen LogP contribution in [0.1, 0.15) is 60.9 Å². The SMILES string of the molecule is Cc1cc2cc3c(cc2cc1OCCCCCCCN1CCN(c2ccc(Cl)cc2)CC1)N=C[C@@H]1CCCN1C3=O. The molecule has 0 aliphatic carbocycles. The monoisotopic (exact) mass is 572 g/mol. The fourth-order valence-corrected chi connectivity index (χ4v) is 6.54. The van der Waals surface area contributed by atoms with Gasteiger partial charge in [-0.2, -0.15) is 0 Å². The lowest BCUT2D eigenvalue weighted by Crippen LogP contribution is -2.46. The molecule has 0 radical (unpaired) electrons. The van der Waals surface area contributed by atoms with Crippen molar-refractivity contribution < 1.29 is 9.53 Å². The number of carbonyl (C=O) groups is 1. The molecule has 2 saturated heterocycles. The molecule has 0 aromatic heterocycles. The number of nitrogens with zero attached hydrogens (tertiary/aromatic N) is 4. The summed E-state index contributed by atoms with van der Waals surface area (Å²) in [5.74, 6) is 1.04. The van der Waals surface area contributed by atoms with Crippen LogP contribution in [0.4, 0.5) is 11.4 Å². The number of unbranched alkanes of at least 4 members (excludes halogenated alkanes) is 4. The molecule has 0 N–H and O–H groups in total. The average molecular weight is 573 g/mol. The van der Waals surface area contributed by atoms with Gasteiger partial charge in [-0.1, -0.05) is 30.9 Å². The highest BCUT2D eigenvalue weighted by Crippen LogP contribution is 2.35. The van der Waals surface area contributed by atoms with Crippen LogP contribution >= 0.6 is 11.6 Å². The van der Waals surface area contributed by atoms with Crippen LogP contribution in [-0.4, -0.2) is 73.8 Å². The van der Waals surface area contributed by atoms with Crippen molar-refractivity contribution in [1.82, 2.24) is 9.80 Å². The number of ether oxygens (including phenoxy) is 1. The van der Waals surface area contributed by atoms with Gasteiger partial charge in [-0.15, -0.1) is 0 Å². The molecule has 3 aromatic rings. The zero-order chi connectivity index (χ0) is 28.2. The van der Waals surface area contributed by atoms with Crippen molar-refractivity contribution in [2.45, 2.75) is 57.9 Å². The minimum atomic E-state index is 0.108. The lowest BCUT2D eigenvalue weighted by Gasteiger charge is -2.36. The lowest BCUT2D eigenvalue weighted by atomic mass is 10.0. The Morgan fingerprint density at radius 2 is 1.66 bits per heavy atom. The Morgan fingerprint density at radius 3 is 2.49 bits per heavy atom. The summed E-state index contributed by atoms with van der Waals surface area (Å²) >= 11 is 6.03. The van der Waals surface area contributed by atoms with Crippen molar-refractivity contribution in [1.29, 1.82) is 0 Å². The minimum absolute atomic E-state index is 0.108. The van der Waals surface area contributed by atoms with Crippen molar-refractivity contribution >= 4 is 45.9 Å². The molecule has 0 unspecified atom stereocenters. The van der Waals surface area contributed by atoms with Crippen molar-refractivity contribution in [2.75, 3.05) is 50.8 Å². The number of piperazine rings is 1. The first-order chi connectivity index (χ1) is 20.0. The standard InChI is InChI=1S/C34H41ClN4O2/c1-25-20-26-21-31-32(36-24-30-8-7-14-39(30)34(31)40)22-27(26)23-33(25)41-19-6-4-2-3-5-13-37-15-17-38(18-16-37)29-11-9-28(35)10-12-29/h9-12,20-24,30H,2-8,13-19H2,1H3/t30-/m0/s1. The van der Waals surface area contributed by atoms with Crippen molar-refractivity contribution in [3.05, 3.63) is 64.7 Å². The summed E-state index contributed by atoms with van der Waals surface area (Å²) in [6.07, 6.45) is 10.1.